The number of nitrogens with zero attached hydrogens (tertiary/aromatic N) is 1. The molecule has 1 saturated heterocycles. The highest BCUT2D eigenvalue weighted by Crippen LogP contribution is 2.45. The van der Waals surface area contributed by atoms with E-state index in [2.05, 4.69) is 25.7 Å². The fraction of sp³-hybridized carbons (Fsp3) is 0.933. The van der Waals surface area contributed by atoms with Crippen LogP contribution in [-0.4, -0.2) is 35.1 Å². The van der Waals surface area contributed by atoms with E-state index in [-0.39, 0.29) is 0 Å². The van der Waals surface area contributed by atoms with Crippen LogP contribution in [0.15, 0.2) is 0 Å². The fourth-order valence-electron chi connectivity index (χ4n) is 4.08. The molecule has 2 aliphatic rings. The molecule has 0 aromatic rings. The van der Waals surface area contributed by atoms with Crippen molar-refractivity contribution in [1.29, 1.82) is 0 Å². The molecule has 104 valence electrons. The molecule has 0 amide bonds. The molecule has 0 aromatic carbocycles. The van der Waals surface area contributed by atoms with Crippen molar-refractivity contribution < 1.29 is 9.90 Å². The molecule has 0 aromatic heterocycles. The van der Waals surface area contributed by atoms with E-state index in [9.17, 15) is 9.90 Å². The number of rotatable bonds is 2. The van der Waals surface area contributed by atoms with Crippen LogP contribution < -0.4 is 0 Å². The third-order valence-corrected chi connectivity index (χ3v) is 5.00. The van der Waals surface area contributed by atoms with Gasteiger partial charge >= 0.3 is 5.97 Å². The van der Waals surface area contributed by atoms with Crippen LogP contribution in [0, 0.1) is 16.7 Å². The van der Waals surface area contributed by atoms with E-state index in [1.54, 1.807) is 0 Å². The second-order valence-corrected chi connectivity index (χ2v) is 7.56. The Labute approximate surface area is 111 Å². The van der Waals surface area contributed by atoms with E-state index in [0.29, 0.717) is 17.4 Å². The van der Waals surface area contributed by atoms with E-state index >= 15 is 0 Å². The molecule has 1 saturated carbocycles. The number of aliphatic carboxylic acids is 1. The van der Waals surface area contributed by atoms with Crippen molar-refractivity contribution in [2.45, 2.75) is 59.4 Å². The van der Waals surface area contributed by atoms with Crippen LogP contribution in [0.2, 0.25) is 0 Å². The van der Waals surface area contributed by atoms with Gasteiger partial charge in [-0.3, -0.25) is 9.69 Å². The zero-order chi connectivity index (χ0) is 13.6. The Hall–Kier alpha value is -0.570. The van der Waals surface area contributed by atoms with Gasteiger partial charge in [-0.25, -0.2) is 0 Å². The molecular weight excluding hydrogens is 226 g/mol. The quantitative estimate of drug-likeness (QED) is 0.822. The topological polar surface area (TPSA) is 40.5 Å². The highest BCUT2D eigenvalue weighted by Gasteiger charge is 2.45. The summed E-state index contributed by atoms with van der Waals surface area (Å²) in [6, 6.07) is 0.582. The van der Waals surface area contributed by atoms with Crippen molar-refractivity contribution in [2.75, 3.05) is 13.1 Å². The SMILES string of the molecule is CC1CC(C)(C)CC1N1CCCC(C)(C(=O)O)C1. The molecule has 18 heavy (non-hydrogen) atoms. The van der Waals surface area contributed by atoms with Gasteiger partial charge in [0.05, 0.1) is 5.41 Å². The van der Waals surface area contributed by atoms with Crippen LogP contribution >= 0.6 is 0 Å². The summed E-state index contributed by atoms with van der Waals surface area (Å²) in [5.74, 6) is 0.0632. The van der Waals surface area contributed by atoms with Crippen LogP contribution in [0.3, 0.4) is 0 Å². The van der Waals surface area contributed by atoms with Gasteiger partial charge in [0.15, 0.2) is 0 Å². The van der Waals surface area contributed by atoms with Gasteiger partial charge in [0.25, 0.3) is 0 Å². The molecule has 1 heterocycles. The van der Waals surface area contributed by atoms with Gasteiger partial charge in [-0.15, -0.1) is 0 Å². The first-order valence-corrected chi connectivity index (χ1v) is 7.21. The molecular formula is C15H27NO2. The van der Waals surface area contributed by atoms with Crippen molar-refractivity contribution in [1.82, 2.24) is 4.90 Å². The Bertz CT molecular complexity index is 339. The fourth-order valence-corrected chi connectivity index (χ4v) is 4.08. The predicted molar refractivity (Wildman–Crippen MR) is 72.5 cm³/mol. The molecule has 1 aliphatic carbocycles. The zero-order valence-corrected chi connectivity index (χ0v) is 12.2. The number of piperidine rings is 1. The summed E-state index contributed by atoms with van der Waals surface area (Å²) in [6.07, 6.45) is 4.32. The van der Waals surface area contributed by atoms with Gasteiger partial charge in [-0.2, -0.15) is 0 Å². The maximum absolute atomic E-state index is 11.4. The second-order valence-electron chi connectivity index (χ2n) is 7.56. The van der Waals surface area contributed by atoms with E-state index < -0.39 is 11.4 Å². The molecule has 0 radical (unpaired) electrons. The number of hydrogen-bond acceptors (Lipinski definition) is 2. The predicted octanol–water partition coefficient (Wildman–Crippen LogP) is 3.00. The normalized spacial score (nSPS) is 40.9. The molecule has 0 bridgehead atoms. The molecule has 3 nitrogen and oxygen atoms in total. The van der Waals surface area contributed by atoms with Gasteiger partial charge in [0.1, 0.15) is 0 Å². The lowest BCUT2D eigenvalue weighted by molar-refractivity contribution is -0.152. The molecule has 3 atom stereocenters. The Balaban J connectivity index is 2.08. The van der Waals surface area contributed by atoms with Gasteiger partial charge in [0.2, 0.25) is 0 Å². The van der Waals surface area contributed by atoms with Gasteiger partial charge in [-0.05, 0) is 50.5 Å². The monoisotopic (exact) mass is 253 g/mol. The lowest BCUT2D eigenvalue weighted by Crippen LogP contribution is -2.50. The van der Waals surface area contributed by atoms with E-state index in [0.717, 1.165) is 25.9 Å². The summed E-state index contributed by atoms with van der Waals surface area (Å²) in [5, 5.41) is 9.40. The number of hydrogen-bond donors (Lipinski definition) is 1. The average molecular weight is 253 g/mol. The van der Waals surface area contributed by atoms with Crippen LogP contribution in [-0.2, 0) is 4.79 Å². The Morgan fingerprint density at radius 1 is 1.28 bits per heavy atom. The van der Waals surface area contributed by atoms with Crippen molar-refractivity contribution >= 4 is 5.97 Å². The Kier molecular flexibility index (Phi) is 3.48. The third kappa shape index (κ3) is 2.56. The lowest BCUT2D eigenvalue weighted by Gasteiger charge is -2.42. The van der Waals surface area contributed by atoms with E-state index in [1.165, 1.54) is 12.8 Å². The van der Waals surface area contributed by atoms with Gasteiger partial charge < -0.3 is 5.11 Å². The molecule has 2 rings (SSSR count). The van der Waals surface area contributed by atoms with Crippen molar-refractivity contribution in [3.63, 3.8) is 0 Å². The largest absolute Gasteiger partial charge is 0.481 e. The highest BCUT2D eigenvalue weighted by molar-refractivity contribution is 5.74. The lowest BCUT2D eigenvalue weighted by atomic mass is 9.81. The number of carbonyl (C=O) groups is 1. The minimum atomic E-state index is -0.628. The first kappa shape index (κ1) is 13.9. The number of carboxylic acids is 1. The minimum Gasteiger partial charge on any atom is -0.481 e. The Morgan fingerprint density at radius 3 is 2.44 bits per heavy atom. The van der Waals surface area contributed by atoms with Crippen LogP contribution in [0.25, 0.3) is 0 Å². The summed E-state index contributed by atoms with van der Waals surface area (Å²) in [5.41, 5.74) is -0.119. The molecule has 3 unspecified atom stereocenters. The molecule has 1 N–H and O–H groups in total. The summed E-state index contributed by atoms with van der Waals surface area (Å²) < 4.78 is 0. The summed E-state index contributed by atoms with van der Waals surface area (Å²) in [6.45, 7) is 10.7. The highest BCUT2D eigenvalue weighted by atomic mass is 16.4. The maximum atomic E-state index is 11.4. The summed E-state index contributed by atoms with van der Waals surface area (Å²) >= 11 is 0. The zero-order valence-electron chi connectivity index (χ0n) is 12.2. The van der Waals surface area contributed by atoms with E-state index in [4.69, 9.17) is 0 Å². The molecule has 1 aliphatic heterocycles. The number of carboxylic acid groups (broad SMARTS) is 1. The van der Waals surface area contributed by atoms with Crippen LogP contribution in [0.4, 0.5) is 0 Å². The molecule has 3 heteroatoms. The van der Waals surface area contributed by atoms with Crippen molar-refractivity contribution in [3.8, 4) is 0 Å². The molecule has 0 spiro atoms. The maximum Gasteiger partial charge on any atom is 0.310 e. The van der Waals surface area contributed by atoms with Gasteiger partial charge in [0, 0.05) is 12.6 Å². The first-order chi connectivity index (χ1) is 8.23. The van der Waals surface area contributed by atoms with Crippen LogP contribution in [0.1, 0.15) is 53.4 Å². The summed E-state index contributed by atoms with van der Waals surface area (Å²) in [4.78, 5) is 13.9. The minimum absolute atomic E-state index is 0.418. The van der Waals surface area contributed by atoms with E-state index in [1.807, 2.05) is 6.92 Å². The number of likely N-dealkylation sites (tertiary alicyclic amines) is 1. The van der Waals surface area contributed by atoms with Gasteiger partial charge in [-0.1, -0.05) is 20.8 Å². The van der Waals surface area contributed by atoms with Crippen LogP contribution in [0.5, 0.6) is 0 Å². The Morgan fingerprint density at radius 2 is 1.94 bits per heavy atom. The van der Waals surface area contributed by atoms with Crippen molar-refractivity contribution in [2.24, 2.45) is 16.7 Å². The standard InChI is InChI=1S/C15H27NO2/c1-11-8-14(2,3)9-12(11)16-7-5-6-15(4,10-16)13(17)18/h11-12H,5-10H2,1-4H3,(H,17,18). The first-order valence-electron chi connectivity index (χ1n) is 7.21. The average Bonchev–Trinajstić information content (AvgIpc) is 2.52. The van der Waals surface area contributed by atoms with Crippen molar-refractivity contribution in [3.05, 3.63) is 0 Å². The summed E-state index contributed by atoms with van der Waals surface area (Å²) in [7, 11) is 0. The second kappa shape index (κ2) is 4.52. The third-order valence-electron chi connectivity index (χ3n) is 5.00. The smallest absolute Gasteiger partial charge is 0.310 e. The molecule has 2 fully saturated rings.